The monoisotopic (exact) mass is 721 g/mol. The smallest absolute Gasteiger partial charge is 0.252 e. The molecule has 1 heterocycles. The zero-order chi connectivity index (χ0) is 32.5. The molecule has 0 aromatic heterocycles. The fraction of sp³-hybridized carbons (Fsp3) is 0.235. The Bertz CT molecular complexity index is 1760. The number of ether oxygens (including phenoxy) is 2. The topological polar surface area (TPSA) is 129 Å². The lowest BCUT2D eigenvalue weighted by Crippen LogP contribution is -2.49. The van der Waals surface area contributed by atoms with Gasteiger partial charge in [0.2, 0.25) is 5.90 Å². The third kappa shape index (κ3) is 7.84. The number of aliphatic hydroxyl groups excluding tert-OH is 1. The molecule has 0 spiro atoms. The predicted molar refractivity (Wildman–Crippen MR) is 182 cm³/mol. The third-order valence-corrected chi connectivity index (χ3v) is 8.66. The highest BCUT2D eigenvalue weighted by atomic mass is 79.9. The Morgan fingerprint density at radius 3 is 2.48 bits per heavy atom. The van der Waals surface area contributed by atoms with Crippen molar-refractivity contribution in [3.8, 4) is 5.75 Å². The summed E-state index contributed by atoms with van der Waals surface area (Å²) in [5, 5.41) is 16.8. The van der Waals surface area contributed by atoms with Crippen molar-refractivity contribution in [2.45, 2.75) is 37.6 Å². The first-order valence-electron chi connectivity index (χ1n) is 14.5. The van der Waals surface area contributed by atoms with Crippen LogP contribution in [0, 0.1) is 0 Å². The Morgan fingerprint density at radius 2 is 1.78 bits per heavy atom. The number of aliphatic hydroxyl groups is 1. The van der Waals surface area contributed by atoms with Crippen LogP contribution in [0.15, 0.2) is 106 Å². The number of rotatable bonds is 13. The van der Waals surface area contributed by atoms with E-state index in [2.05, 4.69) is 31.3 Å². The summed E-state index contributed by atoms with van der Waals surface area (Å²) in [5.41, 5.74) is 11.2. The van der Waals surface area contributed by atoms with Crippen LogP contribution in [0.25, 0.3) is 10.4 Å². The van der Waals surface area contributed by atoms with Gasteiger partial charge in [-0.3, -0.25) is 4.79 Å². The molecule has 2 N–H and O–H groups in total. The highest BCUT2D eigenvalue weighted by Crippen LogP contribution is 2.43. The fourth-order valence-corrected chi connectivity index (χ4v) is 5.94. The summed E-state index contributed by atoms with van der Waals surface area (Å²) in [6.07, 6.45) is -0.145. The van der Waals surface area contributed by atoms with Crippen LogP contribution in [0.5, 0.6) is 5.75 Å². The van der Waals surface area contributed by atoms with E-state index in [-0.39, 0.29) is 32.0 Å². The number of aliphatic imine (C=N–C) groups is 1. The lowest BCUT2D eigenvalue weighted by Gasteiger charge is -2.31. The second kappa shape index (κ2) is 15.5. The van der Waals surface area contributed by atoms with Crippen molar-refractivity contribution in [2.24, 2.45) is 10.1 Å². The lowest BCUT2D eigenvalue weighted by molar-refractivity contribution is -0.129. The van der Waals surface area contributed by atoms with E-state index in [1.54, 1.807) is 30.3 Å². The minimum Gasteiger partial charge on any atom is -0.494 e. The van der Waals surface area contributed by atoms with Gasteiger partial charge < -0.3 is 19.9 Å². The highest BCUT2D eigenvalue weighted by Gasteiger charge is 2.53. The first-order valence-corrected chi connectivity index (χ1v) is 16.0. The molecule has 0 radical (unpaired) electrons. The number of azide groups is 1. The Kier molecular flexibility index (Phi) is 11.2. The zero-order valence-corrected chi connectivity index (χ0v) is 27.7. The molecule has 1 amide bonds. The van der Waals surface area contributed by atoms with Crippen molar-refractivity contribution in [3.05, 3.63) is 144 Å². The van der Waals surface area contributed by atoms with E-state index in [0.29, 0.717) is 45.8 Å². The number of halogens is 3. The minimum absolute atomic E-state index is 0.0422. The molecule has 1 aliphatic heterocycles. The van der Waals surface area contributed by atoms with Gasteiger partial charge in [-0.1, -0.05) is 86.7 Å². The van der Waals surface area contributed by atoms with Gasteiger partial charge in [-0.15, -0.1) is 0 Å². The number of amides is 1. The molecule has 236 valence electrons. The van der Waals surface area contributed by atoms with Crippen LogP contribution in [0.1, 0.15) is 40.3 Å². The summed E-state index contributed by atoms with van der Waals surface area (Å²) in [7, 11) is 0. The number of hydrogen-bond donors (Lipinski definition) is 2. The normalized spacial score (nSPS) is 17.0. The molecule has 0 bridgehead atoms. The summed E-state index contributed by atoms with van der Waals surface area (Å²) >= 11 is 16.1. The van der Waals surface area contributed by atoms with Gasteiger partial charge in [-0.2, -0.15) is 0 Å². The van der Waals surface area contributed by atoms with E-state index in [1.807, 2.05) is 60.7 Å². The maximum atomic E-state index is 14.6. The number of benzene rings is 4. The number of carbonyl (C=O) groups excluding carboxylic acids is 1. The summed E-state index contributed by atoms with van der Waals surface area (Å²) in [6.45, 7) is 0.674. The van der Waals surface area contributed by atoms with Gasteiger partial charge >= 0.3 is 0 Å². The van der Waals surface area contributed by atoms with E-state index in [1.165, 1.54) is 0 Å². The average molecular weight is 723 g/mol. The van der Waals surface area contributed by atoms with E-state index in [4.69, 9.17) is 48.3 Å². The van der Waals surface area contributed by atoms with Gasteiger partial charge in [0, 0.05) is 51.0 Å². The molecule has 4 aromatic carbocycles. The van der Waals surface area contributed by atoms with Gasteiger partial charge in [-0.25, -0.2) is 4.99 Å². The van der Waals surface area contributed by atoms with Gasteiger partial charge in [0.05, 0.1) is 13.2 Å². The molecule has 12 heteroatoms. The summed E-state index contributed by atoms with van der Waals surface area (Å²) in [6, 6.07) is 27.4. The van der Waals surface area contributed by atoms with Crippen molar-refractivity contribution in [2.75, 3.05) is 13.2 Å². The largest absolute Gasteiger partial charge is 0.494 e. The number of nitrogens with one attached hydrogen (secondary N) is 1. The van der Waals surface area contributed by atoms with Crippen molar-refractivity contribution in [1.82, 2.24) is 5.32 Å². The maximum absolute atomic E-state index is 14.6. The second-order valence-corrected chi connectivity index (χ2v) is 12.4. The molecule has 0 saturated heterocycles. The molecule has 0 aliphatic carbocycles. The van der Waals surface area contributed by atoms with Crippen LogP contribution < -0.4 is 10.1 Å². The molecule has 0 unspecified atom stereocenters. The van der Waals surface area contributed by atoms with Gasteiger partial charge in [-0.05, 0) is 76.3 Å². The lowest BCUT2D eigenvalue weighted by atomic mass is 9.81. The number of nitrogens with zero attached hydrogens (tertiary/aromatic N) is 4. The highest BCUT2D eigenvalue weighted by molar-refractivity contribution is 9.10. The average Bonchev–Trinajstić information content (AvgIpc) is 3.45. The van der Waals surface area contributed by atoms with Crippen molar-refractivity contribution >= 4 is 50.9 Å². The molecular weight excluding hydrogens is 693 g/mol. The Balaban J connectivity index is 1.59. The summed E-state index contributed by atoms with van der Waals surface area (Å²) in [4.78, 5) is 22.6. The quantitative estimate of drug-likeness (QED) is 0.0625. The fourth-order valence-electron chi connectivity index (χ4n) is 5.20. The van der Waals surface area contributed by atoms with Crippen LogP contribution in [0.3, 0.4) is 0 Å². The van der Waals surface area contributed by atoms with Crippen molar-refractivity contribution < 1.29 is 19.4 Å². The van der Waals surface area contributed by atoms with Crippen LogP contribution in [-0.4, -0.2) is 35.7 Å². The minimum atomic E-state index is -1.47. The Hall–Kier alpha value is -4.05. The SMILES string of the molecule is [N-]=[N+]=NCc1ccccc1C[C@@]1(C(=O)NCc2ccc(Cl)cc2Cl)N=C(c2ccc(OCCCO)cc2)O[C@@H]1c1ccc(Br)cc1. The molecule has 4 aromatic rings. The first kappa shape index (κ1) is 33.3. The van der Waals surface area contributed by atoms with Crippen LogP contribution in [0.4, 0.5) is 0 Å². The van der Waals surface area contributed by atoms with E-state index in [0.717, 1.165) is 21.2 Å². The van der Waals surface area contributed by atoms with E-state index < -0.39 is 11.6 Å². The Labute approximate surface area is 284 Å². The number of carbonyl (C=O) groups is 1. The second-order valence-electron chi connectivity index (χ2n) is 10.6. The van der Waals surface area contributed by atoms with Gasteiger partial charge in [0.25, 0.3) is 5.91 Å². The van der Waals surface area contributed by atoms with Crippen LogP contribution >= 0.6 is 39.1 Å². The predicted octanol–water partition coefficient (Wildman–Crippen LogP) is 8.14. The van der Waals surface area contributed by atoms with Crippen LogP contribution in [-0.2, 0) is 29.0 Å². The van der Waals surface area contributed by atoms with E-state index in [9.17, 15) is 4.79 Å². The Morgan fingerprint density at radius 1 is 1.04 bits per heavy atom. The van der Waals surface area contributed by atoms with Gasteiger partial charge in [0.1, 0.15) is 5.75 Å². The molecule has 9 nitrogen and oxygen atoms in total. The van der Waals surface area contributed by atoms with Crippen LogP contribution in [0.2, 0.25) is 10.0 Å². The number of hydrogen-bond acceptors (Lipinski definition) is 6. The molecule has 0 saturated carbocycles. The van der Waals surface area contributed by atoms with E-state index >= 15 is 0 Å². The standard InChI is InChI=1S/C34H30BrCl2N5O4/c35-27-11-6-22(7-12-27)31-34(19-24-4-1-2-5-25(24)21-40-42-38,33(44)39-20-26-8-13-28(36)18-30(26)37)41-32(46-31)23-9-14-29(15-10-23)45-17-3-16-43/h1-2,4-15,18,31,43H,3,16-17,19-21H2,(H,39,44)/t31-,34-/m1/s1. The molecular formula is C34H30BrCl2N5O4. The molecule has 5 rings (SSSR count). The summed E-state index contributed by atoms with van der Waals surface area (Å²) in [5.74, 6) is 0.557. The molecule has 0 fully saturated rings. The van der Waals surface area contributed by atoms with Crippen molar-refractivity contribution in [1.29, 1.82) is 0 Å². The van der Waals surface area contributed by atoms with Gasteiger partial charge in [0.15, 0.2) is 11.6 Å². The molecule has 46 heavy (non-hydrogen) atoms. The third-order valence-electron chi connectivity index (χ3n) is 7.54. The first-order chi connectivity index (χ1) is 22.3. The zero-order valence-electron chi connectivity index (χ0n) is 24.6. The maximum Gasteiger partial charge on any atom is 0.252 e. The molecule has 1 aliphatic rings. The molecule has 2 atom stereocenters. The van der Waals surface area contributed by atoms with Crippen molar-refractivity contribution in [3.63, 3.8) is 0 Å². The summed E-state index contributed by atoms with van der Waals surface area (Å²) < 4.78 is 13.2.